The molecule has 1 fully saturated rings. The van der Waals surface area contributed by atoms with E-state index in [1.54, 1.807) is 12.1 Å². The minimum Gasteiger partial charge on any atom is -0.436 e. The van der Waals surface area contributed by atoms with Crippen molar-refractivity contribution < 1.29 is 19.1 Å². The van der Waals surface area contributed by atoms with Crippen molar-refractivity contribution in [3.05, 3.63) is 33.8 Å². The van der Waals surface area contributed by atoms with Crippen molar-refractivity contribution in [3.63, 3.8) is 0 Å². The third-order valence-electron chi connectivity index (χ3n) is 4.55. The lowest BCUT2D eigenvalue weighted by Gasteiger charge is -2.22. The van der Waals surface area contributed by atoms with E-state index in [2.05, 4.69) is 10.1 Å². The lowest BCUT2D eigenvalue weighted by molar-refractivity contribution is -0.124. The van der Waals surface area contributed by atoms with Gasteiger partial charge in [0.25, 0.3) is 5.91 Å². The van der Waals surface area contributed by atoms with Gasteiger partial charge in [0, 0.05) is 11.6 Å². The Bertz CT molecular complexity index is 1070. The van der Waals surface area contributed by atoms with Crippen LogP contribution in [0.2, 0.25) is 10.0 Å². The molecule has 146 valence electrons. The van der Waals surface area contributed by atoms with Gasteiger partial charge in [-0.15, -0.1) is 0 Å². The molecule has 1 aromatic carbocycles. The molecule has 10 heteroatoms. The second-order valence-electron chi connectivity index (χ2n) is 6.66. The largest absolute Gasteiger partial charge is 0.436 e. The summed E-state index contributed by atoms with van der Waals surface area (Å²) in [5, 5.41) is 13.8. The van der Waals surface area contributed by atoms with Gasteiger partial charge in [-0.1, -0.05) is 23.2 Å². The van der Waals surface area contributed by atoms with Gasteiger partial charge in [-0.05, 0) is 30.9 Å². The number of aliphatic imine (C=N–C) groups is 1. The number of dihydropyridines is 1. The van der Waals surface area contributed by atoms with Gasteiger partial charge in [-0.25, -0.2) is 4.99 Å². The van der Waals surface area contributed by atoms with E-state index in [-0.39, 0.29) is 51.3 Å². The summed E-state index contributed by atoms with van der Waals surface area (Å²) in [5.41, 5.74) is 0.504. The number of hydrogen-bond donors (Lipinski definition) is 0. The summed E-state index contributed by atoms with van der Waals surface area (Å²) in [5.74, 6) is -0.674. The van der Waals surface area contributed by atoms with Crippen molar-refractivity contribution >= 4 is 58.0 Å². The molecule has 4 rings (SSSR count). The summed E-state index contributed by atoms with van der Waals surface area (Å²) >= 11 is 12.6. The Labute approximate surface area is 175 Å². The maximum absolute atomic E-state index is 12.1. The molecule has 2 aliphatic heterocycles. The number of benzene rings is 1. The molecule has 3 aliphatic rings. The number of hydrazone groups is 1. The van der Waals surface area contributed by atoms with Gasteiger partial charge in [0.15, 0.2) is 11.5 Å². The summed E-state index contributed by atoms with van der Waals surface area (Å²) in [6, 6.07) is 4.42. The van der Waals surface area contributed by atoms with Crippen LogP contribution in [0.25, 0.3) is 0 Å². The number of nitriles is 1. The quantitative estimate of drug-likeness (QED) is 0.684. The zero-order valence-electron chi connectivity index (χ0n) is 14.8. The number of Topliss-reactive ketones (excluding diaryl/α,β-unsaturated/α-hetero) is 2. The van der Waals surface area contributed by atoms with Gasteiger partial charge in [0.2, 0.25) is 17.4 Å². The normalized spacial score (nSPS) is 19.4. The second kappa shape index (κ2) is 7.43. The summed E-state index contributed by atoms with van der Waals surface area (Å²) in [4.78, 5) is 39.8. The highest BCUT2D eigenvalue weighted by atomic mass is 35.5. The van der Waals surface area contributed by atoms with Crippen LogP contribution in [-0.4, -0.2) is 35.6 Å². The molecule has 0 radical (unpaired) electrons. The average molecular weight is 431 g/mol. The van der Waals surface area contributed by atoms with Crippen molar-refractivity contribution in [2.45, 2.75) is 19.3 Å². The molecule has 0 unspecified atom stereocenters. The molecular formula is C19H12Cl2N4O4. The fraction of sp³-hybridized carbons (Fsp3) is 0.263. The van der Waals surface area contributed by atoms with E-state index in [1.165, 1.54) is 12.1 Å². The topological polar surface area (TPSA) is 112 Å². The van der Waals surface area contributed by atoms with Crippen molar-refractivity contribution in [3.8, 4) is 11.8 Å². The van der Waals surface area contributed by atoms with Crippen molar-refractivity contribution in [1.82, 2.24) is 0 Å². The van der Waals surface area contributed by atoms with E-state index in [0.717, 1.165) is 17.9 Å². The van der Waals surface area contributed by atoms with Crippen LogP contribution in [0.3, 0.4) is 0 Å². The number of carbonyl (C=O) groups is 3. The summed E-state index contributed by atoms with van der Waals surface area (Å²) in [7, 11) is 0. The first-order valence-corrected chi connectivity index (χ1v) is 9.44. The third-order valence-corrected chi connectivity index (χ3v) is 5.11. The molecule has 0 spiro atoms. The molecule has 1 aromatic rings. The number of rotatable bonds is 3. The molecule has 2 heterocycles. The molecule has 29 heavy (non-hydrogen) atoms. The zero-order valence-corrected chi connectivity index (χ0v) is 16.3. The van der Waals surface area contributed by atoms with Crippen molar-refractivity contribution in [1.29, 1.82) is 5.26 Å². The highest BCUT2D eigenvalue weighted by molar-refractivity contribution is 6.50. The van der Waals surface area contributed by atoms with E-state index < -0.39 is 18.1 Å². The zero-order chi connectivity index (χ0) is 20.7. The molecule has 1 saturated carbocycles. The van der Waals surface area contributed by atoms with Crippen LogP contribution in [0.4, 0.5) is 5.69 Å². The molecule has 0 atom stereocenters. The van der Waals surface area contributed by atoms with Gasteiger partial charge >= 0.3 is 0 Å². The summed E-state index contributed by atoms with van der Waals surface area (Å²) < 4.78 is 5.71. The number of ketones is 2. The smallest absolute Gasteiger partial charge is 0.255 e. The van der Waals surface area contributed by atoms with E-state index >= 15 is 0 Å². The van der Waals surface area contributed by atoms with Crippen LogP contribution >= 0.6 is 23.2 Å². The van der Waals surface area contributed by atoms with Crippen LogP contribution in [-0.2, 0) is 14.4 Å². The first kappa shape index (κ1) is 19.3. The monoisotopic (exact) mass is 430 g/mol. The Hall–Kier alpha value is -3.02. The number of carbonyl (C=O) groups excluding carboxylic acids is 3. The van der Waals surface area contributed by atoms with Gasteiger partial charge < -0.3 is 4.74 Å². The fourth-order valence-electron chi connectivity index (χ4n) is 2.97. The number of nitrogens with zero attached hydrogens (tertiary/aromatic N) is 4. The molecule has 0 saturated heterocycles. The fourth-order valence-corrected chi connectivity index (χ4v) is 3.52. The summed E-state index contributed by atoms with van der Waals surface area (Å²) in [6.07, 6.45) is 3.07. The number of ether oxygens (including phenoxy) is 1. The van der Waals surface area contributed by atoms with Gasteiger partial charge in [-0.3, -0.25) is 14.4 Å². The standard InChI is InChI=1S/C19H12Cl2N4O4/c20-12-3-10(25-18(28)6-15(26)14(7-22)24-25)4-13(21)19(12)29-17-5-11(9-1-2-9)16(27)8-23-17/h3-5,9H,1-2,6,8H2. The third kappa shape index (κ3) is 3.79. The van der Waals surface area contributed by atoms with Crippen LogP contribution in [0.15, 0.2) is 33.9 Å². The lowest BCUT2D eigenvalue weighted by Crippen LogP contribution is -2.36. The molecule has 0 N–H and O–H groups in total. The average Bonchev–Trinajstić information content (AvgIpc) is 3.51. The summed E-state index contributed by atoms with van der Waals surface area (Å²) in [6.45, 7) is 0.00689. The molecule has 1 amide bonds. The minimum absolute atomic E-state index is 0.00689. The molecule has 8 nitrogen and oxygen atoms in total. The SMILES string of the molecule is N#CC1=NN(c2cc(Cl)c(OC3=NCC(=O)C(C4CC4)=C3)c(Cl)c2)C(=O)CC1=O. The Morgan fingerprint density at radius 2 is 1.83 bits per heavy atom. The van der Waals surface area contributed by atoms with Crippen molar-refractivity contribution in [2.75, 3.05) is 11.6 Å². The van der Waals surface area contributed by atoms with Gasteiger partial charge in [0.05, 0.1) is 22.2 Å². The number of amides is 1. The molecule has 0 aromatic heterocycles. The lowest BCUT2D eigenvalue weighted by atomic mass is 10.0. The molecule has 1 aliphatic carbocycles. The Balaban J connectivity index is 1.62. The van der Waals surface area contributed by atoms with Gasteiger partial charge in [0.1, 0.15) is 12.6 Å². The maximum Gasteiger partial charge on any atom is 0.255 e. The highest BCUT2D eigenvalue weighted by Crippen LogP contribution is 2.40. The maximum atomic E-state index is 12.1. The Kier molecular flexibility index (Phi) is 4.94. The number of hydrogen-bond acceptors (Lipinski definition) is 7. The van der Waals surface area contributed by atoms with Crippen molar-refractivity contribution in [2.24, 2.45) is 16.0 Å². The molecule has 0 bridgehead atoms. The van der Waals surface area contributed by atoms with E-state index in [1.807, 2.05) is 0 Å². The predicted octanol–water partition coefficient (Wildman–Crippen LogP) is 2.88. The second-order valence-corrected chi connectivity index (χ2v) is 7.47. The van der Waals surface area contributed by atoms with Crippen LogP contribution in [0.5, 0.6) is 5.75 Å². The minimum atomic E-state index is -0.644. The highest BCUT2D eigenvalue weighted by Gasteiger charge is 2.33. The van der Waals surface area contributed by atoms with E-state index in [0.29, 0.717) is 5.57 Å². The van der Waals surface area contributed by atoms with Crippen LogP contribution in [0.1, 0.15) is 19.3 Å². The first-order valence-electron chi connectivity index (χ1n) is 8.68. The number of halogens is 2. The first-order chi connectivity index (χ1) is 13.9. The van der Waals surface area contributed by atoms with E-state index in [4.69, 9.17) is 33.2 Å². The van der Waals surface area contributed by atoms with Crippen LogP contribution < -0.4 is 9.75 Å². The van der Waals surface area contributed by atoms with E-state index in [9.17, 15) is 14.4 Å². The predicted molar refractivity (Wildman–Crippen MR) is 105 cm³/mol. The van der Waals surface area contributed by atoms with Crippen LogP contribution in [0, 0.1) is 17.2 Å². The van der Waals surface area contributed by atoms with Gasteiger partial charge in [-0.2, -0.15) is 15.4 Å². The number of anilines is 1. The molecular weight excluding hydrogens is 419 g/mol. The Morgan fingerprint density at radius 3 is 2.45 bits per heavy atom. The Morgan fingerprint density at radius 1 is 1.14 bits per heavy atom.